The average Bonchev–Trinajstić information content (AvgIpc) is 3.60. The molecule has 6 rings (SSSR count). The number of hydrogen-bond acceptors (Lipinski definition) is 11. The van der Waals surface area contributed by atoms with Gasteiger partial charge in [0, 0.05) is 18.6 Å². The molecule has 4 atom stereocenters. The number of para-hydroxylation sites is 1. The first kappa shape index (κ1) is 24.2. The fourth-order valence-electron chi connectivity index (χ4n) is 5.24. The van der Waals surface area contributed by atoms with Gasteiger partial charge in [-0.3, -0.25) is 0 Å². The van der Waals surface area contributed by atoms with Crippen molar-refractivity contribution in [2.75, 3.05) is 17.2 Å². The van der Waals surface area contributed by atoms with Crippen LogP contribution in [0.4, 0.5) is 11.8 Å². The Bertz CT molecular complexity index is 1400. The standard InChI is InChI=1S/C26H30N6O4S/c1-13-9-16(32-36-13)11-27-25-28-14(2)20(24-30-17-7-5-6-8-19(17)37-24)23(31-25)29-18-10-15(12-33)21-22(18)35-26(3,4)34-21/h5-9,15,18,21-22,33H,10-12H2,1-4H3,(H2,27,28,29,31)/t15-,18-,21-,22+/m1/s1. The number of anilines is 2. The molecule has 4 heterocycles. The molecule has 194 valence electrons. The van der Waals surface area contributed by atoms with E-state index in [1.807, 2.05) is 52.0 Å². The van der Waals surface area contributed by atoms with Crippen molar-refractivity contribution in [2.45, 2.75) is 64.7 Å². The molecule has 0 unspecified atom stereocenters. The van der Waals surface area contributed by atoms with Gasteiger partial charge in [-0.25, -0.2) is 9.97 Å². The van der Waals surface area contributed by atoms with Gasteiger partial charge in [0.25, 0.3) is 0 Å². The predicted molar refractivity (Wildman–Crippen MR) is 140 cm³/mol. The van der Waals surface area contributed by atoms with Crippen molar-refractivity contribution in [3.8, 4) is 10.6 Å². The molecular weight excluding hydrogens is 492 g/mol. The van der Waals surface area contributed by atoms with Crippen molar-refractivity contribution in [2.24, 2.45) is 5.92 Å². The minimum absolute atomic E-state index is 0.0221. The number of ether oxygens (including phenoxy) is 2. The molecule has 1 aromatic carbocycles. The number of aliphatic hydroxyl groups excluding tert-OH is 1. The summed E-state index contributed by atoms with van der Waals surface area (Å²) in [5, 5.41) is 21.8. The maximum absolute atomic E-state index is 10.0. The van der Waals surface area contributed by atoms with E-state index in [-0.39, 0.29) is 30.8 Å². The molecule has 0 bridgehead atoms. The first-order valence-electron chi connectivity index (χ1n) is 12.4. The summed E-state index contributed by atoms with van der Waals surface area (Å²) in [6, 6.07) is 9.85. The van der Waals surface area contributed by atoms with Gasteiger partial charge in [0.1, 0.15) is 28.4 Å². The van der Waals surface area contributed by atoms with Crippen molar-refractivity contribution >= 4 is 33.3 Å². The third-order valence-electron chi connectivity index (χ3n) is 6.84. The van der Waals surface area contributed by atoms with E-state index in [0.29, 0.717) is 24.7 Å². The second kappa shape index (κ2) is 9.32. The van der Waals surface area contributed by atoms with Gasteiger partial charge < -0.3 is 29.7 Å². The second-order valence-electron chi connectivity index (χ2n) is 10.1. The molecule has 3 aromatic heterocycles. The van der Waals surface area contributed by atoms with Gasteiger partial charge in [0.15, 0.2) is 5.79 Å². The number of aliphatic hydroxyl groups is 1. The molecule has 2 aliphatic rings. The SMILES string of the molecule is Cc1cc(CNc2nc(C)c(-c3nc4ccccc4s3)c(N[C@@H]3C[C@H](CO)[C@H]4OC(C)(C)O[C@H]43)n2)no1. The highest BCUT2D eigenvalue weighted by molar-refractivity contribution is 7.21. The number of benzene rings is 1. The third-order valence-corrected chi connectivity index (χ3v) is 7.89. The zero-order chi connectivity index (χ0) is 25.7. The zero-order valence-corrected chi connectivity index (χ0v) is 22.0. The summed E-state index contributed by atoms with van der Waals surface area (Å²) in [5.41, 5.74) is 3.36. The van der Waals surface area contributed by atoms with E-state index in [1.54, 1.807) is 11.3 Å². The van der Waals surface area contributed by atoms with E-state index >= 15 is 0 Å². The second-order valence-corrected chi connectivity index (χ2v) is 11.2. The van der Waals surface area contributed by atoms with E-state index in [2.05, 4.69) is 21.9 Å². The van der Waals surface area contributed by atoms with Crippen molar-refractivity contribution in [3.05, 3.63) is 47.5 Å². The number of nitrogens with one attached hydrogen (secondary N) is 2. The molecule has 1 aliphatic carbocycles. The summed E-state index contributed by atoms with van der Waals surface area (Å²) in [7, 11) is 0. The maximum atomic E-state index is 10.0. The molecule has 37 heavy (non-hydrogen) atoms. The average molecular weight is 523 g/mol. The maximum Gasteiger partial charge on any atom is 0.225 e. The number of fused-ring (bicyclic) bond motifs is 2. The molecule has 3 N–H and O–H groups in total. The first-order valence-corrected chi connectivity index (χ1v) is 13.2. The Labute approximate surface area is 218 Å². The van der Waals surface area contributed by atoms with Gasteiger partial charge in [0.05, 0.1) is 40.2 Å². The fraction of sp³-hybridized carbons (Fsp3) is 0.462. The molecule has 0 amide bonds. The van der Waals surface area contributed by atoms with Crippen LogP contribution in [0.25, 0.3) is 20.8 Å². The van der Waals surface area contributed by atoms with Gasteiger partial charge >= 0.3 is 0 Å². The molecule has 10 nitrogen and oxygen atoms in total. The number of thiazole rings is 1. The quantitative estimate of drug-likeness (QED) is 0.323. The molecule has 1 aliphatic heterocycles. The van der Waals surface area contributed by atoms with E-state index < -0.39 is 5.79 Å². The summed E-state index contributed by atoms with van der Waals surface area (Å²) >= 11 is 1.61. The monoisotopic (exact) mass is 522 g/mol. The largest absolute Gasteiger partial charge is 0.396 e. The normalized spacial score (nSPS) is 24.5. The molecule has 4 aromatic rings. The number of hydrogen-bond donors (Lipinski definition) is 3. The molecule has 0 spiro atoms. The first-order chi connectivity index (χ1) is 17.8. The minimum atomic E-state index is -0.705. The summed E-state index contributed by atoms with van der Waals surface area (Å²) in [4.78, 5) is 14.5. The van der Waals surface area contributed by atoms with Crippen LogP contribution in [-0.4, -0.2) is 55.9 Å². The van der Waals surface area contributed by atoms with Crippen LogP contribution < -0.4 is 10.6 Å². The summed E-state index contributed by atoms with van der Waals surface area (Å²) in [6.07, 6.45) is 0.310. The lowest BCUT2D eigenvalue weighted by atomic mass is 10.1. The summed E-state index contributed by atoms with van der Waals surface area (Å²) < 4.78 is 18.7. The van der Waals surface area contributed by atoms with Crippen molar-refractivity contribution in [3.63, 3.8) is 0 Å². The molecule has 1 saturated heterocycles. The fourth-order valence-corrected chi connectivity index (χ4v) is 6.31. The van der Waals surface area contributed by atoms with Crippen LogP contribution in [-0.2, 0) is 16.0 Å². The van der Waals surface area contributed by atoms with E-state index in [1.165, 1.54) is 0 Å². The number of aryl methyl sites for hydroxylation is 2. The van der Waals surface area contributed by atoms with Crippen LogP contribution in [0.15, 0.2) is 34.9 Å². The van der Waals surface area contributed by atoms with Crippen LogP contribution in [0, 0.1) is 19.8 Å². The lowest BCUT2D eigenvalue weighted by molar-refractivity contribution is -0.158. The third kappa shape index (κ3) is 4.68. The summed E-state index contributed by atoms with van der Waals surface area (Å²) in [6.45, 7) is 8.11. The smallest absolute Gasteiger partial charge is 0.225 e. The highest BCUT2D eigenvalue weighted by atomic mass is 32.1. The van der Waals surface area contributed by atoms with Crippen LogP contribution in [0.5, 0.6) is 0 Å². The lowest BCUT2D eigenvalue weighted by Gasteiger charge is -2.25. The van der Waals surface area contributed by atoms with Gasteiger partial charge in [-0.15, -0.1) is 11.3 Å². The topological polar surface area (TPSA) is 127 Å². The van der Waals surface area contributed by atoms with Gasteiger partial charge in [-0.05, 0) is 46.2 Å². The number of rotatable bonds is 7. The minimum Gasteiger partial charge on any atom is -0.396 e. The molecule has 0 radical (unpaired) electrons. The van der Waals surface area contributed by atoms with Crippen LogP contribution >= 0.6 is 11.3 Å². The summed E-state index contributed by atoms with van der Waals surface area (Å²) in [5.74, 6) is 1.16. The Balaban J connectivity index is 1.37. The Kier molecular flexibility index (Phi) is 6.10. The van der Waals surface area contributed by atoms with Gasteiger partial charge in [0.2, 0.25) is 5.95 Å². The predicted octanol–water partition coefficient (Wildman–Crippen LogP) is 4.28. The van der Waals surface area contributed by atoms with Crippen LogP contribution in [0.1, 0.15) is 37.4 Å². The van der Waals surface area contributed by atoms with Crippen molar-refractivity contribution in [1.29, 1.82) is 0 Å². The Morgan fingerprint density at radius 2 is 1.92 bits per heavy atom. The highest BCUT2D eigenvalue weighted by Crippen LogP contribution is 2.44. The molecule has 11 heteroatoms. The van der Waals surface area contributed by atoms with Crippen molar-refractivity contribution in [1.82, 2.24) is 20.1 Å². The van der Waals surface area contributed by atoms with Gasteiger partial charge in [-0.1, -0.05) is 17.3 Å². The molecule has 2 fully saturated rings. The number of aromatic nitrogens is 4. The van der Waals surface area contributed by atoms with Crippen LogP contribution in [0.3, 0.4) is 0 Å². The molecule has 1 saturated carbocycles. The van der Waals surface area contributed by atoms with E-state index in [0.717, 1.165) is 37.9 Å². The Hall–Kier alpha value is -3.12. The Morgan fingerprint density at radius 3 is 2.68 bits per heavy atom. The zero-order valence-electron chi connectivity index (χ0n) is 21.2. The van der Waals surface area contributed by atoms with E-state index in [4.69, 9.17) is 28.9 Å². The number of nitrogens with zero attached hydrogens (tertiary/aromatic N) is 4. The lowest BCUT2D eigenvalue weighted by Crippen LogP contribution is -2.35. The van der Waals surface area contributed by atoms with Gasteiger partial charge in [-0.2, -0.15) is 4.98 Å². The Morgan fingerprint density at radius 1 is 1.11 bits per heavy atom. The van der Waals surface area contributed by atoms with E-state index in [9.17, 15) is 5.11 Å². The molecular formula is C26H30N6O4S. The highest BCUT2D eigenvalue weighted by Gasteiger charge is 2.54. The van der Waals surface area contributed by atoms with Crippen molar-refractivity contribution < 1.29 is 19.1 Å². The van der Waals surface area contributed by atoms with Crippen LogP contribution in [0.2, 0.25) is 0 Å².